The van der Waals surface area contributed by atoms with Gasteiger partial charge in [-0.25, -0.2) is 5.43 Å². The number of hydrogen-bond donors (Lipinski definition) is 2. The van der Waals surface area contributed by atoms with Gasteiger partial charge in [-0.1, -0.05) is 18.2 Å². The van der Waals surface area contributed by atoms with Crippen molar-refractivity contribution in [2.75, 3.05) is 13.7 Å². The smallest absolute Gasteiger partial charge is 0.0612 e. The van der Waals surface area contributed by atoms with Gasteiger partial charge in [0.1, 0.15) is 0 Å². The Morgan fingerprint density at radius 2 is 2.20 bits per heavy atom. The first-order chi connectivity index (χ1) is 7.31. The van der Waals surface area contributed by atoms with E-state index < -0.39 is 0 Å². The van der Waals surface area contributed by atoms with Crippen molar-refractivity contribution < 1.29 is 0 Å². The van der Waals surface area contributed by atoms with Gasteiger partial charge in [-0.2, -0.15) is 0 Å². The fourth-order valence-electron chi connectivity index (χ4n) is 1.66. The second-order valence-electron chi connectivity index (χ2n) is 3.63. The third kappa shape index (κ3) is 2.35. The van der Waals surface area contributed by atoms with Crippen LogP contribution in [0.2, 0.25) is 0 Å². The molecule has 0 atom stereocenters. The normalized spacial score (nSPS) is 11.4. The summed E-state index contributed by atoms with van der Waals surface area (Å²) in [4.78, 5) is 2.15. The van der Waals surface area contributed by atoms with Gasteiger partial charge in [0, 0.05) is 11.2 Å². The topological polar surface area (TPSA) is 41.3 Å². The zero-order chi connectivity index (χ0) is 10.7. The number of thiophene rings is 1. The summed E-state index contributed by atoms with van der Waals surface area (Å²) in [5, 5.41) is 3.57. The van der Waals surface area contributed by atoms with E-state index in [9.17, 15) is 0 Å². The van der Waals surface area contributed by atoms with Crippen LogP contribution >= 0.6 is 11.3 Å². The maximum absolute atomic E-state index is 5.28. The van der Waals surface area contributed by atoms with Crippen LogP contribution in [-0.2, 0) is 6.54 Å². The van der Waals surface area contributed by atoms with Gasteiger partial charge in [0.2, 0.25) is 0 Å². The van der Waals surface area contributed by atoms with Crippen molar-refractivity contribution in [3.63, 3.8) is 0 Å². The lowest BCUT2D eigenvalue weighted by molar-refractivity contribution is 0.303. The van der Waals surface area contributed by atoms with E-state index in [-0.39, 0.29) is 0 Å². The second kappa shape index (κ2) is 4.72. The molecule has 2 aromatic rings. The van der Waals surface area contributed by atoms with E-state index in [4.69, 9.17) is 5.84 Å². The quantitative estimate of drug-likeness (QED) is 0.469. The highest BCUT2D eigenvalue weighted by Crippen LogP contribution is 2.26. The molecule has 15 heavy (non-hydrogen) atoms. The molecule has 4 heteroatoms. The first-order valence-corrected chi connectivity index (χ1v) is 5.76. The Balaban J connectivity index is 2.21. The molecule has 0 saturated carbocycles. The maximum Gasteiger partial charge on any atom is 0.0612 e. The number of fused-ring (bicyclic) bond motifs is 1. The molecule has 0 saturated heterocycles. The van der Waals surface area contributed by atoms with E-state index in [2.05, 4.69) is 40.0 Å². The molecule has 1 heterocycles. The molecule has 80 valence electrons. The Bertz CT molecular complexity index is 438. The van der Waals surface area contributed by atoms with E-state index in [1.807, 2.05) is 7.05 Å². The fraction of sp³-hybridized carbons (Fsp3) is 0.273. The summed E-state index contributed by atoms with van der Waals surface area (Å²) >= 11 is 1.80. The molecule has 2 rings (SSSR count). The molecule has 3 nitrogen and oxygen atoms in total. The highest BCUT2D eigenvalue weighted by molar-refractivity contribution is 7.17. The van der Waals surface area contributed by atoms with Gasteiger partial charge in [0.05, 0.1) is 6.67 Å². The number of hydrazine groups is 1. The molecular formula is C11H15N3S. The van der Waals surface area contributed by atoms with Crippen molar-refractivity contribution in [2.45, 2.75) is 6.54 Å². The molecule has 0 amide bonds. The number of hydrogen-bond acceptors (Lipinski definition) is 4. The van der Waals surface area contributed by atoms with Gasteiger partial charge in [-0.3, -0.25) is 10.7 Å². The number of nitrogens with zero attached hydrogens (tertiary/aromatic N) is 1. The number of rotatable bonds is 4. The third-order valence-electron chi connectivity index (χ3n) is 2.36. The van der Waals surface area contributed by atoms with Gasteiger partial charge in [0.25, 0.3) is 0 Å². The summed E-state index contributed by atoms with van der Waals surface area (Å²) in [6.07, 6.45) is 0. The van der Waals surface area contributed by atoms with Gasteiger partial charge in [-0.15, -0.1) is 11.3 Å². The van der Waals surface area contributed by atoms with E-state index in [0.29, 0.717) is 6.67 Å². The Labute approximate surface area is 93.5 Å². The first-order valence-electron chi connectivity index (χ1n) is 4.88. The zero-order valence-electron chi connectivity index (χ0n) is 8.73. The van der Waals surface area contributed by atoms with Crippen LogP contribution in [0.4, 0.5) is 0 Å². The van der Waals surface area contributed by atoms with E-state index in [1.165, 1.54) is 15.6 Å². The van der Waals surface area contributed by atoms with Crippen LogP contribution in [0.1, 0.15) is 5.56 Å². The average molecular weight is 221 g/mol. The lowest BCUT2D eigenvalue weighted by Gasteiger charge is -2.14. The molecule has 0 aliphatic rings. The highest BCUT2D eigenvalue weighted by Gasteiger charge is 2.05. The van der Waals surface area contributed by atoms with Crippen LogP contribution in [0, 0.1) is 0 Å². The van der Waals surface area contributed by atoms with Crippen LogP contribution in [-0.4, -0.2) is 18.6 Å². The highest BCUT2D eigenvalue weighted by atomic mass is 32.1. The largest absolute Gasteiger partial charge is 0.288 e. The molecule has 0 aliphatic heterocycles. The SMILES string of the molecule is CN(CNN)Cc1csc2ccccc12. The summed E-state index contributed by atoms with van der Waals surface area (Å²) in [6, 6.07) is 8.49. The Morgan fingerprint density at radius 1 is 1.40 bits per heavy atom. The van der Waals surface area contributed by atoms with Crippen LogP contribution in [0.25, 0.3) is 10.1 Å². The van der Waals surface area contributed by atoms with Gasteiger partial charge >= 0.3 is 0 Å². The minimum Gasteiger partial charge on any atom is -0.288 e. The van der Waals surface area contributed by atoms with Crippen molar-refractivity contribution in [1.82, 2.24) is 10.3 Å². The summed E-state index contributed by atoms with van der Waals surface area (Å²) in [5.41, 5.74) is 4.03. The monoisotopic (exact) mass is 221 g/mol. The number of benzene rings is 1. The zero-order valence-corrected chi connectivity index (χ0v) is 9.55. The summed E-state index contributed by atoms with van der Waals surface area (Å²) in [5.74, 6) is 5.28. The molecule has 1 aromatic heterocycles. The second-order valence-corrected chi connectivity index (χ2v) is 4.54. The standard InChI is InChI=1S/C11H15N3S/c1-14(8-13-12)6-9-7-15-11-5-3-2-4-10(9)11/h2-5,7,13H,6,8,12H2,1H3. The van der Waals surface area contributed by atoms with Crippen molar-refractivity contribution in [3.8, 4) is 0 Å². The van der Waals surface area contributed by atoms with E-state index in [1.54, 1.807) is 11.3 Å². The molecule has 3 N–H and O–H groups in total. The molecule has 0 radical (unpaired) electrons. The minimum absolute atomic E-state index is 0.699. The average Bonchev–Trinajstić information content (AvgIpc) is 2.62. The molecule has 0 fully saturated rings. The van der Waals surface area contributed by atoms with E-state index in [0.717, 1.165) is 6.54 Å². The summed E-state index contributed by atoms with van der Waals surface area (Å²) < 4.78 is 1.35. The number of nitrogens with one attached hydrogen (secondary N) is 1. The first kappa shape index (κ1) is 10.6. The fourth-order valence-corrected chi connectivity index (χ4v) is 2.61. The Hall–Kier alpha value is -0.940. The molecule has 1 aromatic carbocycles. The Kier molecular flexibility index (Phi) is 3.33. The van der Waals surface area contributed by atoms with Crippen molar-refractivity contribution in [1.29, 1.82) is 0 Å². The molecule has 0 bridgehead atoms. The lowest BCUT2D eigenvalue weighted by atomic mass is 10.2. The van der Waals surface area contributed by atoms with E-state index >= 15 is 0 Å². The van der Waals surface area contributed by atoms with Crippen LogP contribution < -0.4 is 11.3 Å². The predicted octanol–water partition coefficient (Wildman–Crippen LogP) is 1.75. The minimum atomic E-state index is 0.699. The number of nitrogens with two attached hydrogens (primary N) is 1. The van der Waals surface area contributed by atoms with Gasteiger partial charge < -0.3 is 0 Å². The van der Waals surface area contributed by atoms with Gasteiger partial charge in [0.15, 0.2) is 0 Å². The molecular weight excluding hydrogens is 206 g/mol. The maximum atomic E-state index is 5.28. The van der Waals surface area contributed by atoms with Crippen LogP contribution in [0.5, 0.6) is 0 Å². The Morgan fingerprint density at radius 3 is 3.00 bits per heavy atom. The van der Waals surface area contributed by atoms with Gasteiger partial charge in [-0.05, 0) is 29.4 Å². The van der Waals surface area contributed by atoms with Crippen LogP contribution in [0.15, 0.2) is 29.6 Å². The van der Waals surface area contributed by atoms with Crippen molar-refractivity contribution in [2.24, 2.45) is 5.84 Å². The van der Waals surface area contributed by atoms with Crippen molar-refractivity contribution in [3.05, 3.63) is 35.2 Å². The summed E-state index contributed by atoms with van der Waals surface area (Å²) in [7, 11) is 2.05. The van der Waals surface area contributed by atoms with Crippen molar-refractivity contribution >= 4 is 21.4 Å². The molecule has 0 spiro atoms. The third-order valence-corrected chi connectivity index (χ3v) is 3.37. The van der Waals surface area contributed by atoms with Crippen LogP contribution in [0.3, 0.4) is 0 Å². The lowest BCUT2D eigenvalue weighted by Crippen LogP contribution is -2.34. The summed E-state index contributed by atoms with van der Waals surface area (Å²) in [6.45, 7) is 1.62. The predicted molar refractivity (Wildman–Crippen MR) is 65.5 cm³/mol. The molecule has 0 aliphatic carbocycles. The molecule has 0 unspecified atom stereocenters.